The van der Waals surface area contributed by atoms with E-state index in [9.17, 15) is 10.5 Å². The molecular weight excluding hydrogens is 599 g/mol. The molecule has 1 aromatic heterocycles. The summed E-state index contributed by atoms with van der Waals surface area (Å²) < 4.78 is 2.26. The lowest BCUT2D eigenvalue weighted by Gasteiger charge is -2.36. The van der Waals surface area contributed by atoms with Crippen LogP contribution in [0.25, 0.3) is 38.6 Å². The third kappa shape index (κ3) is 4.40. The molecule has 0 fully saturated rings. The maximum Gasteiger partial charge on any atom is 0.180 e. The van der Waals surface area contributed by atoms with Crippen LogP contribution in [0.4, 0.5) is 0 Å². The van der Waals surface area contributed by atoms with Gasteiger partial charge in [0.1, 0.15) is 12.1 Å². The van der Waals surface area contributed by atoms with Crippen LogP contribution in [0.15, 0.2) is 176 Å². The first-order valence-electron chi connectivity index (χ1n) is 16.0. The number of hydrogen-bond acceptors (Lipinski definition) is 2. The van der Waals surface area contributed by atoms with Gasteiger partial charge in [-0.3, -0.25) is 0 Å². The molecule has 0 aliphatic carbocycles. The highest BCUT2D eigenvalue weighted by atomic mass is 28.3. The van der Waals surface area contributed by atoms with Gasteiger partial charge in [0.25, 0.3) is 0 Å². The third-order valence-electron chi connectivity index (χ3n) is 9.46. The Morgan fingerprint density at radius 1 is 0.438 bits per heavy atom. The lowest BCUT2D eigenvalue weighted by molar-refractivity contribution is 1.18. The van der Waals surface area contributed by atoms with Crippen LogP contribution in [0, 0.1) is 22.7 Å². The Bertz CT molecular complexity index is 2370. The van der Waals surface area contributed by atoms with Gasteiger partial charge in [0, 0.05) is 16.3 Å². The summed E-state index contributed by atoms with van der Waals surface area (Å²) in [7, 11) is -3.01. The van der Waals surface area contributed by atoms with Crippen molar-refractivity contribution in [1.29, 1.82) is 10.5 Å². The van der Waals surface area contributed by atoms with Crippen LogP contribution in [-0.4, -0.2) is 12.6 Å². The standard InChI is InChI=1S/C44H29N3Si/c45-30-32-28-29-42(47-40-25-13-10-22-36(40)37-23-11-14-26-41(37)47)44(39(32)31-46)38-24-12-15-27-43(38)48(33-16-4-1-5-17-33,34-18-6-2-7-19-34)35-20-8-3-9-21-35/h1-29H. The monoisotopic (exact) mass is 627 g/mol. The highest BCUT2D eigenvalue weighted by molar-refractivity contribution is 7.20. The van der Waals surface area contributed by atoms with E-state index in [0.717, 1.165) is 43.8 Å². The van der Waals surface area contributed by atoms with Gasteiger partial charge in [-0.25, -0.2) is 0 Å². The van der Waals surface area contributed by atoms with Crippen molar-refractivity contribution in [2.75, 3.05) is 0 Å². The zero-order valence-electron chi connectivity index (χ0n) is 26.1. The fraction of sp³-hybridized carbons (Fsp3) is 0. The van der Waals surface area contributed by atoms with Crippen molar-refractivity contribution in [3.8, 4) is 29.0 Å². The summed E-state index contributed by atoms with van der Waals surface area (Å²) in [6, 6.07) is 66.3. The zero-order valence-corrected chi connectivity index (χ0v) is 27.1. The van der Waals surface area contributed by atoms with Crippen molar-refractivity contribution < 1.29 is 0 Å². The molecule has 0 amide bonds. The van der Waals surface area contributed by atoms with E-state index in [0.29, 0.717) is 11.1 Å². The zero-order chi connectivity index (χ0) is 32.5. The molecule has 48 heavy (non-hydrogen) atoms. The number of hydrogen-bond donors (Lipinski definition) is 0. The molecule has 0 aliphatic heterocycles. The lowest BCUT2D eigenvalue weighted by Crippen LogP contribution is -2.75. The predicted octanol–water partition coefficient (Wildman–Crippen LogP) is 7.57. The maximum absolute atomic E-state index is 10.9. The van der Waals surface area contributed by atoms with E-state index in [1.165, 1.54) is 15.6 Å². The summed E-state index contributed by atoms with van der Waals surface area (Å²) in [6.07, 6.45) is 0. The van der Waals surface area contributed by atoms with E-state index >= 15 is 0 Å². The minimum Gasteiger partial charge on any atom is -0.309 e. The molecule has 1 heterocycles. The van der Waals surface area contributed by atoms with E-state index in [2.05, 4.69) is 180 Å². The highest BCUT2D eigenvalue weighted by Gasteiger charge is 2.43. The van der Waals surface area contributed by atoms with Crippen LogP contribution in [-0.2, 0) is 0 Å². The van der Waals surface area contributed by atoms with Gasteiger partial charge in [0.15, 0.2) is 8.07 Å². The molecule has 7 aromatic carbocycles. The first kappa shape index (κ1) is 29.0. The van der Waals surface area contributed by atoms with Gasteiger partial charge < -0.3 is 4.57 Å². The fourth-order valence-corrected chi connectivity index (χ4v) is 12.5. The third-order valence-corrected chi connectivity index (χ3v) is 14.3. The van der Waals surface area contributed by atoms with Crippen LogP contribution in [0.5, 0.6) is 0 Å². The molecule has 0 atom stereocenters. The Labute approximate surface area is 280 Å². The van der Waals surface area contributed by atoms with Crippen molar-refractivity contribution in [1.82, 2.24) is 4.57 Å². The lowest BCUT2D eigenvalue weighted by atomic mass is 9.94. The molecular formula is C44H29N3Si. The van der Waals surface area contributed by atoms with Crippen LogP contribution in [0.2, 0.25) is 0 Å². The van der Waals surface area contributed by atoms with Crippen LogP contribution in [0.3, 0.4) is 0 Å². The van der Waals surface area contributed by atoms with Crippen LogP contribution >= 0.6 is 0 Å². The van der Waals surface area contributed by atoms with Crippen LogP contribution < -0.4 is 20.7 Å². The van der Waals surface area contributed by atoms with Crippen molar-refractivity contribution in [3.05, 3.63) is 187 Å². The molecule has 8 rings (SSSR count). The first-order valence-corrected chi connectivity index (χ1v) is 18.0. The smallest absolute Gasteiger partial charge is 0.180 e. The second-order valence-electron chi connectivity index (χ2n) is 11.9. The van der Waals surface area contributed by atoms with Gasteiger partial charge in [-0.2, -0.15) is 10.5 Å². The summed E-state index contributed by atoms with van der Waals surface area (Å²) >= 11 is 0. The Kier molecular flexibility index (Phi) is 7.27. The van der Waals surface area contributed by atoms with E-state index < -0.39 is 8.07 Å². The minimum absolute atomic E-state index is 0.359. The molecule has 0 radical (unpaired) electrons. The molecule has 4 heteroatoms. The van der Waals surface area contributed by atoms with E-state index in [-0.39, 0.29) is 0 Å². The number of aromatic nitrogens is 1. The molecule has 0 N–H and O–H groups in total. The van der Waals surface area contributed by atoms with E-state index in [4.69, 9.17) is 0 Å². The molecule has 0 unspecified atom stereocenters. The molecule has 224 valence electrons. The Hall–Kier alpha value is -6.46. The highest BCUT2D eigenvalue weighted by Crippen LogP contribution is 2.38. The van der Waals surface area contributed by atoms with Gasteiger partial charge in [0.05, 0.1) is 27.8 Å². The quantitative estimate of drug-likeness (QED) is 0.141. The normalized spacial score (nSPS) is 11.3. The predicted molar refractivity (Wildman–Crippen MR) is 199 cm³/mol. The minimum atomic E-state index is -3.01. The second-order valence-corrected chi connectivity index (χ2v) is 15.6. The Morgan fingerprint density at radius 2 is 0.896 bits per heavy atom. The molecule has 0 saturated carbocycles. The number of rotatable bonds is 6. The number of nitrogens with zero attached hydrogens (tertiary/aromatic N) is 3. The molecule has 0 aliphatic rings. The Balaban J connectivity index is 1.57. The van der Waals surface area contributed by atoms with Gasteiger partial charge >= 0.3 is 0 Å². The summed E-state index contributed by atoms with van der Waals surface area (Å²) in [4.78, 5) is 0. The van der Waals surface area contributed by atoms with Crippen molar-refractivity contribution in [2.24, 2.45) is 0 Å². The average Bonchev–Trinajstić information content (AvgIpc) is 3.50. The SMILES string of the molecule is N#Cc1ccc(-n2c3ccccc3c3ccccc32)c(-c2ccccc2[Si](c2ccccc2)(c2ccccc2)c2ccccc2)c1C#N. The van der Waals surface area contributed by atoms with E-state index in [1.807, 2.05) is 6.07 Å². The molecule has 3 nitrogen and oxygen atoms in total. The van der Waals surface area contributed by atoms with Crippen molar-refractivity contribution >= 4 is 50.6 Å². The van der Waals surface area contributed by atoms with Crippen molar-refractivity contribution in [2.45, 2.75) is 0 Å². The summed E-state index contributed by atoms with van der Waals surface area (Å²) in [6.45, 7) is 0. The molecule has 0 saturated heterocycles. The average molecular weight is 628 g/mol. The number of fused-ring (bicyclic) bond motifs is 3. The number of para-hydroxylation sites is 2. The topological polar surface area (TPSA) is 52.5 Å². The summed E-state index contributed by atoms with van der Waals surface area (Å²) in [5.41, 5.74) is 5.41. The van der Waals surface area contributed by atoms with Crippen LogP contribution in [0.1, 0.15) is 11.1 Å². The largest absolute Gasteiger partial charge is 0.309 e. The van der Waals surface area contributed by atoms with Gasteiger partial charge in [-0.05, 0) is 50.6 Å². The molecule has 8 aromatic rings. The summed E-state index contributed by atoms with van der Waals surface area (Å²) in [5.74, 6) is 0. The Morgan fingerprint density at radius 3 is 1.40 bits per heavy atom. The van der Waals surface area contributed by atoms with Gasteiger partial charge in [0.2, 0.25) is 0 Å². The first-order chi connectivity index (χ1) is 23.8. The number of benzene rings is 7. The van der Waals surface area contributed by atoms with Crippen molar-refractivity contribution in [3.63, 3.8) is 0 Å². The molecule has 0 spiro atoms. The summed E-state index contributed by atoms with van der Waals surface area (Å²) in [5, 5.41) is 28.4. The van der Waals surface area contributed by atoms with E-state index in [1.54, 1.807) is 6.07 Å². The maximum atomic E-state index is 10.9. The fourth-order valence-electron chi connectivity index (χ4n) is 7.50. The second kappa shape index (κ2) is 12.0. The molecule has 0 bridgehead atoms. The number of nitriles is 2. The van der Waals surface area contributed by atoms with Gasteiger partial charge in [-0.15, -0.1) is 0 Å². The van der Waals surface area contributed by atoms with Gasteiger partial charge in [-0.1, -0.05) is 152 Å².